The number of amides is 2. The number of esters is 1. The summed E-state index contributed by atoms with van der Waals surface area (Å²) in [6.45, 7) is 11.5. The molecule has 0 heterocycles. The lowest BCUT2D eigenvalue weighted by molar-refractivity contribution is -0.156. The molecule has 0 aromatic heterocycles. The van der Waals surface area contributed by atoms with Gasteiger partial charge >= 0.3 is 12.1 Å². The van der Waals surface area contributed by atoms with Crippen LogP contribution in [0.25, 0.3) is 0 Å². The third-order valence-corrected chi connectivity index (χ3v) is 5.94. The molecule has 184 valence electrons. The van der Waals surface area contributed by atoms with Gasteiger partial charge in [0.15, 0.2) is 0 Å². The van der Waals surface area contributed by atoms with Crippen molar-refractivity contribution in [1.29, 1.82) is 0 Å². The van der Waals surface area contributed by atoms with E-state index in [4.69, 9.17) is 9.47 Å². The van der Waals surface area contributed by atoms with E-state index in [0.717, 1.165) is 24.8 Å². The van der Waals surface area contributed by atoms with Crippen molar-refractivity contribution < 1.29 is 23.9 Å². The summed E-state index contributed by atoms with van der Waals surface area (Å²) in [5, 5.41) is 5.30. The predicted molar refractivity (Wildman–Crippen MR) is 127 cm³/mol. The number of rotatable bonds is 8. The van der Waals surface area contributed by atoms with E-state index in [2.05, 4.69) is 31.4 Å². The molecule has 2 unspecified atom stereocenters. The molecule has 2 N–H and O–H groups in total. The number of nitrogens with one attached hydrogen (secondary N) is 2. The van der Waals surface area contributed by atoms with Crippen LogP contribution >= 0.6 is 0 Å². The summed E-state index contributed by atoms with van der Waals surface area (Å²) in [5.74, 6) is 0.594. The Morgan fingerprint density at radius 3 is 2.36 bits per heavy atom. The average Bonchev–Trinajstić information content (AvgIpc) is 2.71. The highest BCUT2D eigenvalue weighted by Gasteiger charge is 2.34. The van der Waals surface area contributed by atoms with Gasteiger partial charge in [-0.2, -0.15) is 0 Å². The second kappa shape index (κ2) is 12.1. The van der Waals surface area contributed by atoms with Gasteiger partial charge < -0.3 is 20.1 Å². The van der Waals surface area contributed by atoms with E-state index in [1.165, 1.54) is 0 Å². The topological polar surface area (TPSA) is 93.7 Å². The van der Waals surface area contributed by atoms with Crippen molar-refractivity contribution in [2.45, 2.75) is 85.0 Å². The molecule has 0 aliphatic heterocycles. The lowest BCUT2D eigenvalue weighted by atomic mass is 9.75. The quantitative estimate of drug-likeness (QED) is 0.546. The van der Waals surface area contributed by atoms with Gasteiger partial charge in [0, 0.05) is 0 Å². The Hall–Kier alpha value is -2.57. The molecule has 1 aromatic carbocycles. The van der Waals surface area contributed by atoms with Gasteiger partial charge in [-0.05, 0) is 56.9 Å². The maximum Gasteiger partial charge on any atom is 0.408 e. The highest BCUT2D eigenvalue weighted by atomic mass is 16.6. The van der Waals surface area contributed by atoms with E-state index in [0.29, 0.717) is 17.8 Å². The summed E-state index contributed by atoms with van der Waals surface area (Å²) in [7, 11) is 0. The van der Waals surface area contributed by atoms with Gasteiger partial charge in [0.1, 0.15) is 18.2 Å². The Balaban J connectivity index is 2.00. The van der Waals surface area contributed by atoms with E-state index in [1.54, 1.807) is 20.8 Å². The third-order valence-electron chi connectivity index (χ3n) is 5.94. The van der Waals surface area contributed by atoms with Crippen molar-refractivity contribution in [2.24, 2.45) is 17.8 Å². The molecule has 4 atom stereocenters. The van der Waals surface area contributed by atoms with Crippen LogP contribution < -0.4 is 10.6 Å². The average molecular weight is 461 g/mol. The van der Waals surface area contributed by atoms with Crippen LogP contribution in [0.5, 0.6) is 0 Å². The standard InChI is InChI=1S/C26H40N2O5/c1-17(2)20-13-12-18(3)14-22(20)32-24(30)15-21(19-10-8-7-9-11-19)28-23(29)16-27-25(31)33-26(4,5)6/h7-11,17-18,20-22H,12-16H2,1-6H3,(H,27,31)(H,28,29)/t18?,20-,21?,22+/m0/s1. The van der Waals surface area contributed by atoms with Gasteiger partial charge in [-0.25, -0.2) is 4.79 Å². The van der Waals surface area contributed by atoms with Crippen molar-refractivity contribution in [2.75, 3.05) is 6.54 Å². The fraction of sp³-hybridized carbons (Fsp3) is 0.654. The summed E-state index contributed by atoms with van der Waals surface area (Å²) in [6.07, 6.45) is 2.35. The zero-order chi connectivity index (χ0) is 24.6. The number of alkyl carbamates (subject to hydrolysis) is 1. The number of carbonyl (C=O) groups excluding carboxylic acids is 3. The van der Waals surface area contributed by atoms with E-state index in [-0.39, 0.29) is 25.0 Å². The third kappa shape index (κ3) is 9.44. The Morgan fingerprint density at radius 2 is 1.76 bits per heavy atom. The molecular formula is C26H40N2O5. The molecule has 1 aliphatic carbocycles. The molecule has 0 radical (unpaired) electrons. The lowest BCUT2D eigenvalue weighted by Crippen LogP contribution is -2.41. The first-order valence-electron chi connectivity index (χ1n) is 11.9. The Kier molecular flexibility index (Phi) is 9.74. The Labute approximate surface area is 198 Å². The van der Waals surface area contributed by atoms with E-state index in [1.807, 2.05) is 30.3 Å². The highest BCUT2D eigenvalue weighted by molar-refractivity contribution is 5.83. The number of ether oxygens (including phenoxy) is 2. The zero-order valence-corrected chi connectivity index (χ0v) is 20.9. The minimum Gasteiger partial charge on any atom is -0.462 e. The molecule has 33 heavy (non-hydrogen) atoms. The maximum atomic E-state index is 12.9. The second-order valence-electron chi connectivity index (χ2n) is 10.4. The van der Waals surface area contributed by atoms with Crippen molar-refractivity contribution in [3.63, 3.8) is 0 Å². The monoisotopic (exact) mass is 460 g/mol. The molecule has 0 bridgehead atoms. The molecule has 2 amide bonds. The molecule has 7 heteroatoms. The summed E-state index contributed by atoms with van der Waals surface area (Å²) in [4.78, 5) is 37.3. The van der Waals surface area contributed by atoms with Crippen LogP contribution in [0, 0.1) is 17.8 Å². The lowest BCUT2D eigenvalue weighted by Gasteiger charge is -2.37. The largest absolute Gasteiger partial charge is 0.462 e. The van der Waals surface area contributed by atoms with Crippen LogP contribution in [0.15, 0.2) is 30.3 Å². The molecule has 0 saturated heterocycles. The van der Waals surface area contributed by atoms with Crippen LogP contribution in [0.4, 0.5) is 4.79 Å². The first-order valence-corrected chi connectivity index (χ1v) is 11.9. The van der Waals surface area contributed by atoms with E-state index in [9.17, 15) is 14.4 Å². The fourth-order valence-corrected chi connectivity index (χ4v) is 4.28. The van der Waals surface area contributed by atoms with Crippen LogP contribution in [-0.2, 0) is 19.1 Å². The molecule has 1 aromatic rings. The molecule has 1 aliphatic rings. The van der Waals surface area contributed by atoms with Crippen molar-refractivity contribution >= 4 is 18.0 Å². The molecule has 2 rings (SSSR count). The molecule has 0 spiro atoms. The molecular weight excluding hydrogens is 420 g/mol. The van der Waals surface area contributed by atoms with Crippen LogP contribution in [-0.4, -0.2) is 36.2 Å². The van der Waals surface area contributed by atoms with Crippen molar-refractivity contribution in [3.8, 4) is 0 Å². The summed E-state index contributed by atoms with van der Waals surface area (Å²) in [5.41, 5.74) is 0.152. The first kappa shape index (κ1) is 26.7. The summed E-state index contributed by atoms with van der Waals surface area (Å²) >= 11 is 0. The number of hydrogen-bond donors (Lipinski definition) is 2. The smallest absolute Gasteiger partial charge is 0.408 e. The SMILES string of the molecule is CC1CC[C@@H](C(C)C)[C@H](OC(=O)CC(NC(=O)CNC(=O)OC(C)(C)C)c2ccccc2)C1. The Morgan fingerprint density at radius 1 is 1.09 bits per heavy atom. The Bertz CT molecular complexity index is 788. The fourth-order valence-electron chi connectivity index (χ4n) is 4.28. The van der Waals surface area contributed by atoms with Gasteiger partial charge in [0.05, 0.1) is 12.5 Å². The number of carbonyl (C=O) groups is 3. The van der Waals surface area contributed by atoms with Crippen LogP contribution in [0.2, 0.25) is 0 Å². The van der Waals surface area contributed by atoms with E-state index < -0.39 is 23.6 Å². The summed E-state index contributed by atoms with van der Waals surface area (Å²) in [6, 6.07) is 8.76. The first-order chi connectivity index (χ1) is 15.4. The minimum atomic E-state index is -0.667. The van der Waals surface area contributed by atoms with Gasteiger partial charge in [0.25, 0.3) is 0 Å². The normalized spacial score (nSPS) is 21.7. The van der Waals surface area contributed by atoms with Crippen molar-refractivity contribution in [1.82, 2.24) is 10.6 Å². The predicted octanol–water partition coefficient (Wildman–Crippen LogP) is 4.76. The van der Waals surface area contributed by atoms with Gasteiger partial charge in [-0.15, -0.1) is 0 Å². The molecule has 1 saturated carbocycles. The maximum absolute atomic E-state index is 12.9. The molecule has 1 fully saturated rings. The summed E-state index contributed by atoms with van der Waals surface area (Å²) < 4.78 is 11.1. The van der Waals surface area contributed by atoms with Gasteiger partial charge in [-0.3, -0.25) is 9.59 Å². The van der Waals surface area contributed by atoms with Gasteiger partial charge in [0.2, 0.25) is 5.91 Å². The van der Waals surface area contributed by atoms with Crippen LogP contribution in [0.3, 0.4) is 0 Å². The second-order valence-corrected chi connectivity index (χ2v) is 10.4. The number of hydrogen-bond acceptors (Lipinski definition) is 5. The van der Waals surface area contributed by atoms with E-state index >= 15 is 0 Å². The van der Waals surface area contributed by atoms with Crippen molar-refractivity contribution in [3.05, 3.63) is 35.9 Å². The van der Waals surface area contributed by atoms with Gasteiger partial charge in [-0.1, -0.05) is 57.5 Å². The van der Waals surface area contributed by atoms with Crippen LogP contribution in [0.1, 0.15) is 78.8 Å². The zero-order valence-electron chi connectivity index (χ0n) is 20.9. The minimum absolute atomic E-state index is 0.0257. The molecule has 7 nitrogen and oxygen atoms in total. The highest BCUT2D eigenvalue weighted by Crippen LogP contribution is 2.35. The number of benzene rings is 1.